The SMILES string of the molecule is C=C(CC=C1C(=CC)C=CC(=O)CC1C(CC(C)CC)c1ccccc1)Cc1ccc(CCCOCCC)cc1. The summed E-state index contributed by atoms with van der Waals surface area (Å²) in [5.74, 6) is 1.26. The number of rotatable bonds is 15. The zero-order valence-electron chi connectivity index (χ0n) is 25.3. The maximum Gasteiger partial charge on any atom is 0.156 e. The highest BCUT2D eigenvalue weighted by Gasteiger charge is 2.31. The summed E-state index contributed by atoms with van der Waals surface area (Å²) in [5, 5.41) is 0. The molecule has 2 aromatic rings. The lowest BCUT2D eigenvalue weighted by molar-refractivity contribution is -0.115. The Balaban J connectivity index is 1.76. The van der Waals surface area contributed by atoms with E-state index in [1.54, 1.807) is 6.08 Å². The molecule has 2 aromatic carbocycles. The van der Waals surface area contributed by atoms with Gasteiger partial charge in [0.2, 0.25) is 0 Å². The molecule has 0 saturated heterocycles. The van der Waals surface area contributed by atoms with Crippen LogP contribution in [0.2, 0.25) is 0 Å². The van der Waals surface area contributed by atoms with Crippen molar-refractivity contribution in [2.75, 3.05) is 13.2 Å². The van der Waals surface area contributed by atoms with Gasteiger partial charge in [-0.05, 0) is 97.1 Å². The molecule has 3 rings (SSSR count). The summed E-state index contributed by atoms with van der Waals surface area (Å²) < 4.78 is 5.61. The fourth-order valence-electron chi connectivity index (χ4n) is 5.68. The van der Waals surface area contributed by atoms with Gasteiger partial charge in [-0.15, -0.1) is 0 Å². The molecule has 0 fully saturated rings. The van der Waals surface area contributed by atoms with Gasteiger partial charge in [-0.1, -0.05) is 112 Å². The van der Waals surface area contributed by atoms with E-state index in [0.29, 0.717) is 18.3 Å². The molecule has 214 valence electrons. The molecule has 0 spiro atoms. The van der Waals surface area contributed by atoms with E-state index in [4.69, 9.17) is 4.74 Å². The number of allylic oxidation sites excluding steroid dienone is 7. The predicted octanol–water partition coefficient (Wildman–Crippen LogP) is 9.77. The zero-order chi connectivity index (χ0) is 28.7. The molecule has 0 aliphatic heterocycles. The number of ether oxygens (including phenoxy) is 1. The second kappa shape index (κ2) is 17.0. The smallest absolute Gasteiger partial charge is 0.156 e. The van der Waals surface area contributed by atoms with Crippen LogP contribution in [-0.2, 0) is 22.4 Å². The Morgan fingerprint density at radius 1 is 1.02 bits per heavy atom. The molecule has 0 bridgehead atoms. The van der Waals surface area contributed by atoms with Crippen LogP contribution in [0.5, 0.6) is 0 Å². The highest BCUT2D eigenvalue weighted by atomic mass is 16.5. The largest absolute Gasteiger partial charge is 0.381 e. The van der Waals surface area contributed by atoms with Crippen LogP contribution in [0.1, 0.15) is 88.8 Å². The molecule has 1 aliphatic rings. The minimum Gasteiger partial charge on any atom is -0.381 e. The molecule has 40 heavy (non-hydrogen) atoms. The molecule has 0 saturated carbocycles. The summed E-state index contributed by atoms with van der Waals surface area (Å²) in [6.45, 7) is 15.0. The number of aryl methyl sites for hydroxylation is 1. The highest BCUT2D eigenvalue weighted by Crippen LogP contribution is 2.42. The summed E-state index contributed by atoms with van der Waals surface area (Å²) in [4.78, 5) is 12.9. The van der Waals surface area contributed by atoms with Crippen molar-refractivity contribution >= 4 is 5.78 Å². The van der Waals surface area contributed by atoms with Gasteiger partial charge < -0.3 is 4.74 Å². The van der Waals surface area contributed by atoms with Gasteiger partial charge in [-0.25, -0.2) is 0 Å². The molecule has 3 unspecified atom stereocenters. The lowest BCUT2D eigenvalue weighted by Gasteiger charge is -2.31. The maximum absolute atomic E-state index is 12.9. The van der Waals surface area contributed by atoms with E-state index < -0.39 is 0 Å². The molecule has 1 aliphatic carbocycles. The van der Waals surface area contributed by atoms with Crippen molar-refractivity contribution in [3.63, 3.8) is 0 Å². The average Bonchev–Trinajstić information content (AvgIpc) is 3.13. The van der Waals surface area contributed by atoms with Crippen molar-refractivity contribution in [1.29, 1.82) is 0 Å². The van der Waals surface area contributed by atoms with Crippen molar-refractivity contribution in [2.24, 2.45) is 11.8 Å². The average molecular weight is 539 g/mol. The molecule has 2 nitrogen and oxygen atoms in total. The second-order valence-electron chi connectivity index (χ2n) is 11.4. The molecule has 0 amide bonds. The monoisotopic (exact) mass is 538 g/mol. The van der Waals surface area contributed by atoms with Gasteiger partial charge in [0.1, 0.15) is 0 Å². The van der Waals surface area contributed by atoms with E-state index in [2.05, 4.69) is 101 Å². The fourth-order valence-corrected chi connectivity index (χ4v) is 5.68. The van der Waals surface area contributed by atoms with Gasteiger partial charge in [0, 0.05) is 19.6 Å². The molecule has 0 aromatic heterocycles. The van der Waals surface area contributed by atoms with Crippen LogP contribution in [0.3, 0.4) is 0 Å². The number of carbonyl (C=O) groups is 1. The first kappa shape index (κ1) is 31.6. The van der Waals surface area contributed by atoms with Crippen molar-refractivity contribution in [2.45, 2.75) is 85.0 Å². The van der Waals surface area contributed by atoms with Crippen LogP contribution >= 0.6 is 0 Å². The van der Waals surface area contributed by atoms with Crippen LogP contribution in [0.4, 0.5) is 0 Å². The number of benzene rings is 2. The van der Waals surface area contributed by atoms with Crippen molar-refractivity contribution in [1.82, 2.24) is 0 Å². The minimum atomic E-state index is 0.151. The quantitative estimate of drug-likeness (QED) is 0.167. The van der Waals surface area contributed by atoms with E-state index in [-0.39, 0.29) is 11.7 Å². The van der Waals surface area contributed by atoms with E-state index in [9.17, 15) is 4.79 Å². The Kier molecular flexibility index (Phi) is 13.4. The fraction of sp³-hybridized carbons (Fsp3) is 0.447. The normalized spacial score (nSPS) is 19.1. The molecule has 0 N–H and O–H groups in total. The molecular weight excluding hydrogens is 488 g/mol. The Morgan fingerprint density at radius 2 is 1.75 bits per heavy atom. The van der Waals surface area contributed by atoms with Crippen molar-refractivity contribution in [3.05, 3.63) is 119 Å². The number of ketones is 1. The Bertz CT molecular complexity index is 1150. The third-order valence-electron chi connectivity index (χ3n) is 8.17. The van der Waals surface area contributed by atoms with E-state index in [1.165, 1.54) is 33.4 Å². The first-order valence-corrected chi connectivity index (χ1v) is 15.4. The van der Waals surface area contributed by atoms with Crippen molar-refractivity contribution < 1.29 is 9.53 Å². The number of hydrogen-bond acceptors (Lipinski definition) is 2. The van der Waals surface area contributed by atoms with Gasteiger partial charge in [0.25, 0.3) is 0 Å². The molecule has 2 heteroatoms. The van der Waals surface area contributed by atoms with E-state index >= 15 is 0 Å². The highest BCUT2D eigenvalue weighted by molar-refractivity contribution is 5.91. The number of carbonyl (C=O) groups excluding carboxylic acids is 1. The third-order valence-corrected chi connectivity index (χ3v) is 8.17. The maximum atomic E-state index is 12.9. The van der Waals surface area contributed by atoms with Gasteiger partial charge in [0.05, 0.1) is 0 Å². The first-order chi connectivity index (χ1) is 19.4. The summed E-state index contributed by atoms with van der Waals surface area (Å²) in [6.07, 6.45) is 16.0. The predicted molar refractivity (Wildman–Crippen MR) is 171 cm³/mol. The van der Waals surface area contributed by atoms with Crippen LogP contribution in [0.25, 0.3) is 0 Å². The Hall–Kier alpha value is -2.97. The van der Waals surface area contributed by atoms with E-state index in [0.717, 1.165) is 58.2 Å². The minimum absolute atomic E-state index is 0.151. The topological polar surface area (TPSA) is 26.3 Å². The molecule has 0 radical (unpaired) electrons. The lowest BCUT2D eigenvalue weighted by atomic mass is 9.72. The van der Waals surface area contributed by atoms with Crippen molar-refractivity contribution in [3.8, 4) is 0 Å². The van der Waals surface area contributed by atoms with Gasteiger partial charge in [-0.2, -0.15) is 0 Å². The zero-order valence-corrected chi connectivity index (χ0v) is 25.3. The number of hydrogen-bond donors (Lipinski definition) is 0. The lowest BCUT2D eigenvalue weighted by Crippen LogP contribution is -2.20. The Labute approximate surface area is 243 Å². The first-order valence-electron chi connectivity index (χ1n) is 15.4. The summed E-state index contributed by atoms with van der Waals surface area (Å²) in [5.41, 5.74) is 7.65. The molecular formula is C38H50O2. The second-order valence-corrected chi connectivity index (χ2v) is 11.4. The summed E-state index contributed by atoms with van der Waals surface area (Å²) in [7, 11) is 0. The molecule has 0 heterocycles. The van der Waals surface area contributed by atoms with Crippen LogP contribution in [0.15, 0.2) is 102 Å². The Morgan fingerprint density at radius 3 is 2.42 bits per heavy atom. The van der Waals surface area contributed by atoms with Gasteiger partial charge in [-0.3, -0.25) is 4.79 Å². The van der Waals surface area contributed by atoms with Crippen LogP contribution in [-0.4, -0.2) is 19.0 Å². The van der Waals surface area contributed by atoms with Gasteiger partial charge in [0.15, 0.2) is 5.78 Å². The standard InChI is InChI=1S/C38H50O2/c1-6-24-40-25-12-13-31-17-19-32(20-18-31)26-30(5)16-23-36-33(8-3)21-22-35(39)28-38(36)37(27-29(4)7-2)34-14-10-9-11-15-34/h8-11,14-15,17-23,29,37-38H,5-7,12-13,16,24-28H2,1-4H3. The third kappa shape index (κ3) is 9.89. The summed E-state index contributed by atoms with van der Waals surface area (Å²) in [6, 6.07) is 19.8. The molecule has 3 atom stereocenters. The van der Waals surface area contributed by atoms with Crippen LogP contribution < -0.4 is 0 Å². The van der Waals surface area contributed by atoms with Gasteiger partial charge >= 0.3 is 0 Å². The van der Waals surface area contributed by atoms with Crippen LogP contribution in [0, 0.1) is 11.8 Å². The summed E-state index contributed by atoms with van der Waals surface area (Å²) >= 11 is 0. The van der Waals surface area contributed by atoms with E-state index in [1.807, 2.05) is 6.08 Å².